The molecular weight excluding hydrogens is 991 g/mol. The van der Waals surface area contributed by atoms with E-state index in [-0.39, 0.29) is 63.1 Å². The average molecular weight is 1050 g/mol. The van der Waals surface area contributed by atoms with Crippen LogP contribution in [0.4, 0.5) is 0 Å². The number of nitrogens with two attached hydrogens (primary N) is 1. The van der Waals surface area contributed by atoms with E-state index in [2.05, 4.69) is 67.5 Å². The van der Waals surface area contributed by atoms with E-state index >= 15 is 0 Å². The number of likely N-dealkylation sites (tertiary alicyclic amines) is 1. The number of aliphatic hydroxyl groups is 1. The highest BCUT2D eigenvalue weighted by molar-refractivity contribution is 5.99. The van der Waals surface area contributed by atoms with Crippen LogP contribution in [0, 0.1) is 0 Å². The number of aromatic hydroxyl groups is 1. The van der Waals surface area contributed by atoms with Crippen LogP contribution in [-0.2, 0) is 73.6 Å². The second kappa shape index (κ2) is 25.7. The Hall–Kier alpha value is -9.14. The number of hydrogen-bond acceptors (Lipinski definition) is 14. The summed E-state index contributed by atoms with van der Waals surface area (Å²) >= 11 is 0. The van der Waals surface area contributed by atoms with E-state index in [1.54, 1.807) is 30.5 Å². The fourth-order valence-electron chi connectivity index (χ4n) is 8.87. The van der Waals surface area contributed by atoms with Crippen LogP contribution in [0.25, 0.3) is 10.9 Å². The molecule has 2 saturated heterocycles. The molecule has 0 radical (unpaired) electrons. The third-order valence-corrected chi connectivity index (χ3v) is 12.8. The molecule has 2 fully saturated rings. The maximum Gasteiger partial charge on any atom is 0.246 e. The van der Waals surface area contributed by atoms with Crippen LogP contribution in [0.15, 0.2) is 79.8 Å². The molecule has 2 aliphatic heterocycles. The number of benzene rings is 2. The molecule has 10 amide bonds. The number of hydrogen-bond donors (Lipinski definition) is 14. The Labute approximate surface area is 433 Å². The first-order valence-electron chi connectivity index (χ1n) is 24.4. The van der Waals surface area contributed by atoms with Gasteiger partial charge in [0.2, 0.25) is 59.1 Å². The van der Waals surface area contributed by atoms with Crippen LogP contribution in [0.5, 0.6) is 5.75 Å². The summed E-state index contributed by atoms with van der Waals surface area (Å²) in [5.41, 5.74) is 7.91. The largest absolute Gasteiger partial charge is 0.508 e. The summed E-state index contributed by atoms with van der Waals surface area (Å²) in [5, 5.41) is 41.4. The van der Waals surface area contributed by atoms with Crippen molar-refractivity contribution >= 4 is 70.0 Å². The van der Waals surface area contributed by atoms with Crippen molar-refractivity contribution in [3.63, 3.8) is 0 Å². The molecule has 0 saturated carbocycles. The fourth-order valence-corrected chi connectivity index (χ4v) is 8.87. The zero-order valence-corrected chi connectivity index (χ0v) is 40.9. The monoisotopic (exact) mass is 1050 g/mol. The van der Waals surface area contributed by atoms with Gasteiger partial charge in [0.05, 0.1) is 32.4 Å². The number of fused-ring (bicyclic) bond motifs is 1. The van der Waals surface area contributed by atoms with Crippen LogP contribution in [-0.4, -0.2) is 168 Å². The molecule has 27 heteroatoms. The van der Waals surface area contributed by atoms with Crippen LogP contribution < -0.4 is 48.3 Å². The number of carbonyl (C=O) groups is 10. The van der Waals surface area contributed by atoms with Gasteiger partial charge < -0.3 is 78.3 Å². The van der Waals surface area contributed by atoms with Crippen molar-refractivity contribution in [1.29, 1.82) is 0 Å². The highest BCUT2D eigenvalue weighted by Crippen LogP contribution is 2.22. The minimum atomic E-state index is -1.66. The molecule has 2 aliphatic rings. The number of nitrogens with one attached hydrogen (secondary N) is 11. The number of amides is 10. The molecule has 402 valence electrons. The number of carbonyl (C=O) groups excluding carboxylic acids is 10. The lowest BCUT2D eigenvalue weighted by atomic mass is 10.0. The molecule has 76 heavy (non-hydrogen) atoms. The molecule has 2 aromatic carbocycles. The van der Waals surface area contributed by atoms with Gasteiger partial charge >= 0.3 is 0 Å². The third-order valence-electron chi connectivity index (χ3n) is 12.8. The summed E-state index contributed by atoms with van der Waals surface area (Å²) in [4.78, 5) is 152. The topological polar surface area (TPSA) is 410 Å². The molecule has 5 heterocycles. The Bertz CT molecular complexity index is 2890. The second-order valence-electron chi connectivity index (χ2n) is 18.3. The maximum absolute atomic E-state index is 14.6. The van der Waals surface area contributed by atoms with E-state index in [0.29, 0.717) is 28.9 Å². The number of H-pyrrole nitrogens is 3. The highest BCUT2D eigenvalue weighted by Gasteiger charge is 2.39. The zero-order valence-electron chi connectivity index (χ0n) is 40.9. The van der Waals surface area contributed by atoms with Crippen molar-refractivity contribution < 1.29 is 58.2 Å². The minimum absolute atomic E-state index is 0.0451. The number of nitrogens with zero attached hydrogens (tertiary/aromatic N) is 3. The number of rotatable bonds is 25. The quantitative estimate of drug-likeness (QED) is 0.0265. The normalized spacial score (nSPS) is 17.0. The van der Waals surface area contributed by atoms with Crippen LogP contribution >= 0.6 is 0 Å². The predicted octanol–water partition coefficient (Wildman–Crippen LogP) is -4.01. The van der Waals surface area contributed by atoms with E-state index in [4.69, 9.17) is 5.73 Å². The van der Waals surface area contributed by atoms with Gasteiger partial charge in [0, 0.05) is 79.5 Å². The maximum atomic E-state index is 14.6. The van der Waals surface area contributed by atoms with Gasteiger partial charge in [0.25, 0.3) is 0 Å². The Balaban J connectivity index is 1.05. The van der Waals surface area contributed by atoms with Gasteiger partial charge in [0.1, 0.15) is 48.0 Å². The lowest BCUT2D eigenvalue weighted by molar-refractivity contribution is -0.142. The Morgan fingerprint density at radius 1 is 0.684 bits per heavy atom. The van der Waals surface area contributed by atoms with Crippen molar-refractivity contribution in [2.75, 3.05) is 26.2 Å². The molecule has 15 N–H and O–H groups in total. The van der Waals surface area contributed by atoms with E-state index in [0.717, 1.165) is 10.9 Å². The molecule has 5 aromatic rings. The average Bonchev–Trinajstić information content (AvgIpc) is 4.29. The third kappa shape index (κ3) is 14.8. The summed E-state index contributed by atoms with van der Waals surface area (Å²) in [6, 6.07) is 4.13. The second-order valence-corrected chi connectivity index (χ2v) is 18.3. The SMILES string of the molecule is NC(=O)CNC(=O)[C@@H]1CCCN1C(=O)[C@H](Cc1ccc(O)cc1)NC(=O)[C@H](Cc1c[nH]c2ccccc12)NC(=O)CNC(=O)[C@H](Cc1cnc[nH]1)NC(=O)[C@H](CO)NC(=O)[C@H](Cc1cnc[nH]1)NC(=O)[C@@H]1CCC(=O)N1. The number of phenols is 1. The molecular formula is C49H59N15O12. The lowest BCUT2D eigenvalue weighted by Gasteiger charge is -2.30. The standard InChI is InChI=1S/C49H59N15O12/c50-40(67)21-54-48(75)39-6-3-13-64(39)49(76)37(14-26-7-9-30(66)10-8-26)62-45(72)34(15-27-18-53-32-5-2-1-4-31(27)32)59-42(69)22-55-43(70)35(16-28-19-51-24-56-28)60-47(74)38(23-65)63-46(73)36(17-29-20-52-25-57-29)61-44(71)33-11-12-41(68)58-33/h1-2,4-5,7-10,18-20,24-25,33-39,53,65-66H,3,6,11-17,21-23H2,(H2,50,67)(H,51,56)(H,52,57)(H,54,75)(H,55,70)(H,58,68)(H,59,69)(H,60,74)(H,61,71)(H,62,72)(H,63,73)/t33-,34-,35-,36-,37-,38-,39-/m0/s1. The first-order valence-corrected chi connectivity index (χ1v) is 24.4. The number of para-hydroxylation sites is 1. The van der Waals surface area contributed by atoms with E-state index in [1.165, 1.54) is 42.1 Å². The summed E-state index contributed by atoms with van der Waals surface area (Å²) in [6.07, 6.45) is 7.62. The Morgan fingerprint density at radius 3 is 1.95 bits per heavy atom. The number of aromatic nitrogens is 5. The smallest absolute Gasteiger partial charge is 0.246 e. The van der Waals surface area contributed by atoms with Gasteiger partial charge in [0.15, 0.2) is 0 Å². The van der Waals surface area contributed by atoms with Gasteiger partial charge in [-0.2, -0.15) is 0 Å². The van der Waals surface area contributed by atoms with E-state index in [1.807, 2.05) is 12.1 Å². The van der Waals surface area contributed by atoms with Gasteiger partial charge in [-0.05, 0) is 48.6 Å². The van der Waals surface area contributed by atoms with Crippen molar-refractivity contribution in [2.45, 2.75) is 93.7 Å². The number of primary amides is 1. The molecule has 0 unspecified atom stereocenters. The van der Waals surface area contributed by atoms with Gasteiger partial charge in [-0.1, -0.05) is 30.3 Å². The molecule has 0 bridgehead atoms. The Kier molecular flexibility index (Phi) is 18.5. The summed E-state index contributed by atoms with van der Waals surface area (Å²) in [5.74, 6) is -7.54. The molecule has 0 spiro atoms. The molecule has 27 nitrogen and oxygen atoms in total. The van der Waals surface area contributed by atoms with Gasteiger partial charge in [-0.3, -0.25) is 47.9 Å². The fraction of sp³-hybridized carbons (Fsp3) is 0.388. The van der Waals surface area contributed by atoms with Crippen molar-refractivity contribution in [1.82, 2.24) is 72.4 Å². The van der Waals surface area contributed by atoms with Crippen molar-refractivity contribution in [3.8, 4) is 5.75 Å². The Morgan fingerprint density at radius 2 is 1.32 bits per heavy atom. The van der Waals surface area contributed by atoms with E-state index < -0.39 is 115 Å². The zero-order chi connectivity index (χ0) is 54.3. The molecule has 0 aliphatic carbocycles. The first kappa shape index (κ1) is 54.6. The van der Waals surface area contributed by atoms with Crippen molar-refractivity contribution in [2.24, 2.45) is 5.73 Å². The van der Waals surface area contributed by atoms with Crippen molar-refractivity contribution in [3.05, 3.63) is 102 Å². The molecule has 7 atom stereocenters. The summed E-state index contributed by atoms with van der Waals surface area (Å²) < 4.78 is 0. The van der Waals surface area contributed by atoms with Crippen LogP contribution in [0.2, 0.25) is 0 Å². The lowest BCUT2D eigenvalue weighted by Crippen LogP contribution is -2.60. The number of aliphatic hydroxyl groups excluding tert-OH is 1. The molecule has 7 rings (SSSR count). The summed E-state index contributed by atoms with van der Waals surface area (Å²) in [6.45, 7) is -1.99. The van der Waals surface area contributed by atoms with Gasteiger partial charge in [-0.25, -0.2) is 9.97 Å². The highest BCUT2D eigenvalue weighted by atomic mass is 16.3. The first-order chi connectivity index (χ1) is 36.5. The van der Waals surface area contributed by atoms with Gasteiger partial charge in [-0.15, -0.1) is 0 Å². The number of aromatic amines is 3. The predicted molar refractivity (Wildman–Crippen MR) is 266 cm³/mol. The number of imidazole rings is 2. The van der Waals surface area contributed by atoms with Crippen LogP contribution in [0.1, 0.15) is 48.2 Å². The van der Waals surface area contributed by atoms with E-state index in [9.17, 15) is 58.2 Å². The van der Waals surface area contributed by atoms with Crippen LogP contribution in [0.3, 0.4) is 0 Å². The minimum Gasteiger partial charge on any atom is -0.508 e. The molecule has 3 aromatic heterocycles. The number of phenolic OH excluding ortho intramolecular Hbond substituents is 1. The summed E-state index contributed by atoms with van der Waals surface area (Å²) in [7, 11) is 0.